The van der Waals surface area contributed by atoms with Gasteiger partial charge in [-0.15, -0.1) is 11.8 Å². The summed E-state index contributed by atoms with van der Waals surface area (Å²) in [7, 11) is 0. The van der Waals surface area contributed by atoms with Crippen LogP contribution in [-0.4, -0.2) is 24.0 Å². The first-order valence-electron chi connectivity index (χ1n) is 8.54. The van der Waals surface area contributed by atoms with E-state index in [4.69, 9.17) is 17.0 Å². The van der Waals surface area contributed by atoms with Gasteiger partial charge in [-0.3, -0.25) is 0 Å². The molecule has 0 amide bonds. The fourth-order valence-electron chi connectivity index (χ4n) is 2.22. The van der Waals surface area contributed by atoms with E-state index >= 15 is 0 Å². The lowest BCUT2D eigenvalue weighted by molar-refractivity contribution is 0.342. The van der Waals surface area contributed by atoms with Gasteiger partial charge in [0, 0.05) is 17.2 Å². The number of hydrogen-bond acceptors (Lipinski definition) is 3. The van der Waals surface area contributed by atoms with Crippen LogP contribution in [0.15, 0.2) is 53.4 Å². The maximum atomic E-state index is 5.61. The average Bonchev–Trinajstić information content (AvgIpc) is 2.61. The van der Waals surface area contributed by atoms with E-state index in [9.17, 15) is 0 Å². The van der Waals surface area contributed by atoms with Crippen molar-refractivity contribution in [3.8, 4) is 5.75 Å². The van der Waals surface area contributed by atoms with E-state index in [0.29, 0.717) is 17.6 Å². The molecule has 0 aliphatic heterocycles. The number of thiocarbonyl (C=S) groups is 1. The van der Waals surface area contributed by atoms with E-state index in [1.807, 2.05) is 43.0 Å². The van der Waals surface area contributed by atoms with E-state index in [-0.39, 0.29) is 0 Å². The molecule has 134 valence electrons. The number of anilines is 1. The molecule has 0 aromatic heterocycles. The second kappa shape index (κ2) is 10.3. The second-order valence-corrected chi connectivity index (χ2v) is 7.50. The van der Waals surface area contributed by atoms with Crippen molar-refractivity contribution in [2.24, 2.45) is 5.92 Å². The van der Waals surface area contributed by atoms with Crippen LogP contribution in [0.1, 0.15) is 19.4 Å². The number of para-hydroxylation sites is 2. The Balaban J connectivity index is 1.74. The molecule has 3 nitrogen and oxygen atoms in total. The van der Waals surface area contributed by atoms with Crippen LogP contribution < -0.4 is 15.4 Å². The molecule has 2 aromatic carbocycles. The van der Waals surface area contributed by atoms with E-state index in [1.54, 1.807) is 0 Å². The maximum Gasteiger partial charge on any atom is 0.170 e. The summed E-state index contributed by atoms with van der Waals surface area (Å²) in [5, 5.41) is 7.14. The van der Waals surface area contributed by atoms with Crippen LogP contribution in [0.4, 0.5) is 5.69 Å². The summed E-state index contributed by atoms with van der Waals surface area (Å²) in [6, 6.07) is 16.5. The minimum Gasteiger partial charge on any atom is -0.492 e. The highest BCUT2D eigenvalue weighted by molar-refractivity contribution is 7.99. The third-order valence-electron chi connectivity index (χ3n) is 3.60. The lowest BCUT2D eigenvalue weighted by atomic mass is 10.2. The van der Waals surface area contributed by atoms with E-state index < -0.39 is 0 Å². The average molecular weight is 375 g/mol. The van der Waals surface area contributed by atoms with Crippen molar-refractivity contribution in [1.82, 2.24) is 5.32 Å². The predicted octanol–water partition coefficient (Wildman–Crippen LogP) is 5.11. The van der Waals surface area contributed by atoms with Crippen LogP contribution in [0, 0.1) is 12.8 Å². The number of ether oxygens (including phenoxy) is 1. The largest absolute Gasteiger partial charge is 0.492 e. The summed E-state index contributed by atoms with van der Waals surface area (Å²) in [5.74, 6) is 2.37. The number of hydrogen-bond donors (Lipinski definition) is 2. The van der Waals surface area contributed by atoms with Crippen LogP contribution in [0.5, 0.6) is 5.75 Å². The molecule has 1 unspecified atom stereocenters. The highest BCUT2D eigenvalue weighted by atomic mass is 32.2. The molecule has 2 aromatic rings. The second-order valence-electron chi connectivity index (χ2n) is 5.99. The molecule has 25 heavy (non-hydrogen) atoms. The van der Waals surface area contributed by atoms with Gasteiger partial charge in [0.05, 0.1) is 12.3 Å². The zero-order valence-corrected chi connectivity index (χ0v) is 16.7. The van der Waals surface area contributed by atoms with Crippen LogP contribution in [0.25, 0.3) is 0 Å². The third kappa shape index (κ3) is 6.96. The Morgan fingerprint density at radius 2 is 1.88 bits per heavy atom. The van der Waals surface area contributed by atoms with Crippen LogP contribution in [0.3, 0.4) is 0 Å². The van der Waals surface area contributed by atoms with Gasteiger partial charge in [-0.2, -0.15) is 0 Å². The molecule has 0 aliphatic rings. The van der Waals surface area contributed by atoms with Gasteiger partial charge in [0.25, 0.3) is 0 Å². The van der Waals surface area contributed by atoms with Gasteiger partial charge in [-0.05, 0) is 56.2 Å². The summed E-state index contributed by atoms with van der Waals surface area (Å²) < 4.78 is 5.61. The standard InChI is InChI=1S/C20H26N2OS2/c1-4-23-19-8-6-5-7-18(19)22-20(24)21-13-16(3)14-25-17-11-9-15(2)10-12-17/h5-12,16H,4,13-14H2,1-3H3,(H2,21,22,24). The lowest BCUT2D eigenvalue weighted by Gasteiger charge is -2.16. The fraction of sp³-hybridized carbons (Fsp3) is 0.350. The number of rotatable bonds is 8. The van der Waals surface area contributed by atoms with Gasteiger partial charge in [0.15, 0.2) is 5.11 Å². The van der Waals surface area contributed by atoms with E-state index in [1.165, 1.54) is 10.5 Å². The lowest BCUT2D eigenvalue weighted by Crippen LogP contribution is -2.32. The van der Waals surface area contributed by atoms with Crippen LogP contribution in [0.2, 0.25) is 0 Å². The molecular weight excluding hydrogens is 348 g/mol. The molecular formula is C20H26N2OS2. The number of benzene rings is 2. The molecule has 0 saturated carbocycles. The summed E-state index contributed by atoms with van der Waals surface area (Å²) in [5.41, 5.74) is 2.19. The van der Waals surface area contributed by atoms with Gasteiger partial charge in [0.2, 0.25) is 0 Å². The molecule has 1 atom stereocenters. The van der Waals surface area contributed by atoms with Crippen molar-refractivity contribution >= 4 is 34.8 Å². The summed E-state index contributed by atoms with van der Waals surface area (Å²) in [4.78, 5) is 1.31. The number of aryl methyl sites for hydroxylation is 1. The Morgan fingerprint density at radius 1 is 1.16 bits per heavy atom. The Morgan fingerprint density at radius 3 is 2.60 bits per heavy atom. The quantitative estimate of drug-likeness (QED) is 0.496. The normalized spacial score (nSPS) is 11.6. The molecule has 0 aliphatic carbocycles. The van der Waals surface area contributed by atoms with E-state index in [0.717, 1.165) is 23.7 Å². The molecule has 0 radical (unpaired) electrons. The summed E-state index contributed by atoms with van der Waals surface area (Å²) in [6.07, 6.45) is 0. The minimum absolute atomic E-state index is 0.508. The van der Waals surface area contributed by atoms with E-state index in [2.05, 4.69) is 48.7 Å². The topological polar surface area (TPSA) is 33.3 Å². The van der Waals surface area contributed by atoms with Gasteiger partial charge in [0.1, 0.15) is 5.75 Å². The van der Waals surface area contributed by atoms with Crippen molar-refractivity contribution < 1.29 is 4.74 Å². The van der Waals surface area contributed by atoms with Crippen molar-refractivity contribution in [2.75, 3.05) is 24.2 Å². The Hall–Kier alpha value is -1.72. The third-order valence-corrected chi connectivity index (χ3v) is 5.19. The molecule has 0 saturated heterocycles. The summed E-state index contributed by atoms with van der Waals surface area (Å²) >= 11 is 7.28. The first-order valence-corrected chi connectivity index (χ1v) is 9.94. The Labute approximate surface area is 160 Å². The van der Waals surface area contributed by atoms with Gasteiger partial charge in [-0.1, -0.05) is 36.8 Å². The smallest absolute Gasteiger partial charge is 0.170 e. The fourth-order valence-corrected chi connectivity index (χ4v) is 3.33. The Bertz CT molecular complexity index is 674. The van der Waals surface area contributed by atoms with Crippen LogP contribution in [-0.2, 0) is 0 Å². The first kappa shape index (κ1) is 19.6. The first-order chi connectivity index (χ1) is 12.1. The van der Waals surface area contributed by atoms with Crippen molar-refractivity contribution in [3.63, 3.8) is 0 Å². The predicted molar refractivity (Wildman–Crippen MR) is 113 cm³/mol. The Kier molecular flexibility index (Phi) is 8.09. The zero-order chi connectivity index (χ0) is 18.1. The van der Waals surface area contributed by atoms with Crippen LogP contribution >= 0.6 is 24.0 Å². The molecule has 5 heteroatoms. The number of nitrogens with one attached hydrogen (secondary N) is 2. The van der Waals surface area contributed by atoms with Gasteiger partial charge >= 0.3 is 0 Å². The highest BCUT2D eigenvalue weighted by Gasteiger charge is 2.07. The highest BCUT2D eigenvalue weighted by Crippen LogP contribution is 2.24. The molecule has 2 rings (SSSR count). The van der Waals surface area contributed by atoms with Crippen molar-refractivity contribution in [2.45, 2.75) is 25.7 Å². The molecule has 0 fully saturated rings. The minimum atomic E-state index is 0.508. The van der Waals surface area contributed by atoms with Gasteiger partial charge in [-0.25, -0.2) is 0 Å². The SMILES string of the molecule is CCOc1ccccc1NC(=S)NCC(C)CSc1ccc(C)cc1. The molecule has 0 heterocycles. The molecule has 2 N–H and O–H groups in total. The zero-order valence-electron chi connectivity index (χ0n) is 15.0. The number of thioether (sulfide) groups is 1. The van der Waals surface area contributed by atoms with Gasteiger partial charge < -0.3 is 15.4 Å². The maximum absolute atomic E-state index is 5.61. The van der Waals surface area contributed by atoms with Crippen molar-refractivity contribution in [1.29, 1.82) is 0 Å². The molecule has 0 spiro atoms. The molecule has 0 bridgehead atoms. The monoisotopic (exact) mass is 374 g/mol. The summed E-state index contributed by atoms with van der Waals surface area (Å²) in [6.45, 7) is 7.78. The van der Waals surface area contributed by atoms with Crippen molar-refractivity contribution in [3.05, 3.63) is 54.1 Å².